The van der Waals surface area contributed by atoms with Crippen molar-refractivity contribution in [3.8, 4) is 5.69 Å². The predicted octanol–water partition coefficient (Wildman–Crippen LogP) is 4.11. The minimum atomic E-state index is 0.331. The second-order valence-electron chi connectivity index (χ2n) is 6.21. The molecule has 0 amide bonds. The Morgan fingerprint density at radius 1 is 0.958 bits per heavy atom. The molecule has 0 saturated carbocycles. The summed E-state index contributed by atoms with van der Waals surface area (Å²) >= 11 is 0. The van der Waals surface area contributed by atoms with E-state index in [4.69, 9.17) is 0 Å². The Morgan fingerprint density at radius 3 is 2.38 bits per heavy atom. The first-order valence-electron chi connectivity index (χ1n) is 8.47. The Hall–Kier alpha value is -2.46. The Balaban J connectivity index is 1.51. The lowest BCUT2D eigenvalue weighted by Gasteiger charge is -2.17. The molecule has 4 nitrogen and oxygen atoms in total. The van der Waals surface area contributed by atoms with Crippen molar-refractivity contribution >= 4 is 0 Å². The van der Waals surface area contributed by atoms with E-state index in [1.165, 1.54) is 11.1 Å². The van der Waals surface area contributed by atoms with E-state index in [1.54, 1.807) is 17.3 Å². The summed E-state index contributed by atoms with van der Waals surface area (Å²) in [7, 11) is 0. The van der Waals surface area contributed by atoms with Crippen LogP contribution in [0.2, 0.25) is 0 Å². The number of benzene rings is 2. The summed E-state index contributed by atoms with van der Waals surface area (Å²) in [4.78, 5) is 3.98. The summed E-state index contributed by atoms with van der Waals surface area (Å²) in [5.41, 5.74) is 3.72. The fraction of sp³-hybridized carbons (Fsp3) is 0.300. The molecule has 0 fully saturated rings. The summed E-state index contributed by atoms with van der Waals surface area (Å²) in [6, 6.07) is 19.5. The minimum Gasteiger partial charge on any atom is -0.310 e. The van der Waals surface area contributed by atoms with Crippen molar-refractivity contribution in [1.29, 1.82) is 0 Å². The molecule has 0 spiro atoms. The number of nitrogens with one attached hydrogen (secondary N) is 1. The van der Waals surface area contributed by atoms with E-state index >= 15 is 0 Å². The van der Waals surface area contributed by atoms with Gasteiger partial charge < -0.3 is 5.32 Å². The van der Waals surface area contributed by atoms with Crippen molar-refractivity contribution in [2.24, 2.45) is 0 Å². The molecule has 0 saturated heterocycles. The largest absolute Gasteiger partial charge is 0.310 e. The molecule has 2 unspecified atom stereocenters. The molecule has 0 radical (unpaired) electrons. The van der Waals surface area contributed by atoms with Crippen molar-refractivity contribution < 1.29 is 0 Å². The van der Waals surface area contributed by atoms with Crippen LogP contribution in [0.3, 0.4) is 0 Å². The van der Waals surface area contributed by atoms with Gasteiger partial charge >= 0.3 is 0 Å². The van der Waals surface area contributed by atoms with Gasteiger partial charge in [0.2, 0.25) is 0 Å². The number of nitrogens with zero attached hydrogens (tertiary/aromatic N) is 3. The van der Waals surface area contributed by atoms with E-state index in [0.29, 0.717) is 12.0 Å². The molecular weight excluding hydrogens is 296 g/mol. The highest BCUT2D eigenvalue weighted by atomic mass is 15.3. The molecular formula is C20H24N4. The van der Waals surface area contributed by atoms with Crippen LogP contribution in [0.5, 0.6) is 0 Å². The third-order valence-electron chi connectivity index (χ3n) is 4.47. The molecule has 0 aliphatic rings. The fourth-order valence-corrected chi connectivity index (χ4v) is 2.84. The van der Waals surface area contributed by atoms with Crippen LogP contribution >= 0.6 is 0 Å². The molecule has 1 aromatic heterocycles. The Kier molecular flexibility index (Phi) is 5.39. The van der Waals surface area contributed by atoms with Crippen LogP contribution in [0.1, 0.15) is 43.4 Å². The average molecular weight is 320 g/mol. The number of aromatic nitrogens is 3. The molecule has 24 heavy (non-hydrogen) atoms. The second-order valence-corrected chi connectivity index (χ2v) is 6.21. The van der Waals surface area contributed by atoms with Crippen LogP contribution in [0, 0.1) is 0 Å². The van der Waals surface area contributed by atoms with E-state index < -0.39 is 0 Å². The van der Waals surface area contributed by atoms with E-state index in [9.17, 15) is 0 Å². The molecule has 124 valence electrons. The molecule has 1 heterocycles. The minimum absolute atomic E-state index is 0.331. The SMILES string of the molecule is CC(CCNC(C)c1ccc(-n2cncn2)cc1)c1ccccc1. The van der Waals surface area contributed by atoms with Gasteiger partial charge in [-0.1, -0.05) is 49.4 Å². The summed E-state index contributed by atoms with van der Waals surface area (Å²) < 4.78 is 1.77. The van der Waals surface area contributed by atoms with Gasteiger partial charge in [0.15, 0.2) is 0 Å². The number of hydrogen-bond donors (Lipinski definition) is 1. The highest BCUT2D eigenvalue weighted by molar-refractivity contribution is 5.34. The van der Waals surface area contributed by atoms with Gasteiger partial charge in [0.05, 0.1) is 5.69 Å². The van der Waals surface area contributed by atoms with E-state index in [1.807, 2.05) is 0 Å². The van der Waals surface area contributed by atoms with Gasteiger partial charge in [0.1, 0.15) is 12.7 Å². The second kappa shape index (κ2) is 7.88. The standard InChI is InChI=1S/C20H24N4/c1-16(18-6-4-3-5-7-18)12-13-22-17(2)19-8-10-20(11-9-19)24-15-21-14-23-24/h3-11,14-17,22H,12-13H2,1-2H3. The first-order valence-corrected chi connectivity index (χ1v) is 8.47. The molecule has 4 heteroatoms. The smallest absolute Gasteiger partial charge is 0.138 e. The maximum Gasteiger partial charge on any atom is 0.138 e. The first-order chi connectivity index (χ1) is 11.7. The third kappa shape index (κ3) is 4.09. The maximum absolute atomic E-state index is 4.15. The van der Waals surface area contributed by atoms with Gasteiger partial charge in [0.25, 0.3) is 0 Å². The lowest BCUT2D eigenvalue weighted by atomic mass is 9.97. The molecule has 3 aromatic rings. The predicted molar refractivity (Wildman–Crippen MR) is 97.3 cm³/mol. The van der Waals surface area contributed by atoms with Crippen molar-refractivity contribution in [2.45, 2.75) is 32.2 Å². The van der Waals surface area contributed by atoms with Crippen LogP contribution < -0.4 is 5.32 Å². The molecule has 0 aliphatic heterocycles. The van der Waals surface area contributed by atoms with E-state index in [2.05, 4.69) is 83.8 Å². The summed E-state index contributed by atoms with van der Waals surface area (Å²) in [5.74, 6) is 0.570. The van der Waals surface area contributed by atoms with Gasteiger partial charge in [-0.2, -0.15) is 5.10 Å². The zero-order valence-electron chi connectivity index (χ0n) is 14.3. The Labute approximate surface area is 143 Å². The van der Waals surface area contributed by atoms with Crippen molar-refractivity contribution in [3.63, 3.8) is 0 Å². The van der Waals surface area contributed by atoms with Crippen molar-refractivity contribution in [2.75, 3.05) is 6.54 Å². The molecule has 1 N–H and O–H groups in total. The van der Waals surface area contributed by atoms with Crippen molar-refractivity contribution in [3.05, 3.63) is 78.4 Å². The van der Waals surface area contributed by atoms with Crippen LogP contribution in [0.4, 0.5) is 0 Å². The monoisotopic (exact) mass is 320 g/mol. The lowest BCUT2D eigenvalue weighted by molar-refractivity contribution is 0.531. The van der Waals surface area contributed by atoms with Crippen LogP contribution in [0.15, 0.2) is 67.3 Å². The summed E-state index contributed by atoms with van der Waals surface area (Å²) in [5, 5.41) is 7.77. The zero-order chi connectivity index (χ0) is 16.8. The Morgan fingerprint density at radius 2 is 1.71 bits per heavy atom. The average Bonchev–Trinajstić information content (AvgIpc) is 3.17. The van der Waals surface area contributed by atoms with Gasteiger partial charge in [-0.05, 0) is 49.1 Å². The highest BCUT2D eigenvalue weighted by Crippen LogP contribution is 2.19. The lowest BCUT2D eigenvalue weighted by Crippen LogP contribution is -2.21. The molecule has 2 aromatic carbocycles. The maximum atomic E-state index is 4.15. The van der Waals surface area contributed by atoms with Crippen LogP contribution in [0.25, 0.3) is 5.69 Å². The van der Waals surface area contributed by atoms with Gasteiger partial charge in [-0.25, -0.2) is 9.67 Å². The van der Waals surface area contributed by atoms with Crippen LogP contribution in [-0.2, 0) is 0 Å². The van der Waals surface area contributed by atoms with Crippen molar-refractivity contribution in [1.82, 2.24) is 20.1 Å². The highest BCUT2D eigenvalue weighted by Gasteiger charge is 2.08. The zero-order valence-corrected chi connectivity index (χ0v) is 14.3. The summed E-state index contributed by atoms with van der Waals surface area (Å²) in [6.45, 7) is 5.49. The van der Waals surface area contributed by atoms with E-state index in [0.717, 1.165) is 18.7 Å². The first kappa shape index (κ1) is 16.4. The van der Waals surface area contributed by atoms with E-state index in [-0.39, 0.29) is 0 Å². The molecule has 3 rings (SSSR count). The van der Waals surface area contributed by atoms with Gasteiger partial charge in [0, 0.05) is 6.04 Å². The normalized spacial score (nSPS) is 13.6. The third-order valence-corrected chi connectivity index (χ3v) is 4.47. The van der Waals surface area contributed by atoms with Crippen LogP contribution in [-0.4, -0.2) is 21.3 Å². The summed E-state index contributed by atoms with van der Waals surface area (Å²) in [6.07, 6.45) is 4.39. The topological polar surface area (TPSA) is 42.7 Å². The number of hydrogen-bond acceptors (Lipinski definition) is 3. The van der Waals surface area contributed by atoms with Gasteiger partial charge in [-0.15, -0.1) is 0 Å². The fourth-order valence-electron chi connectivity index (χ4n) is 2.84. The van der Waals surface area contributed by atoms with Gasteiger partial charge in [-0.3, -0.25) is 0 Å². The molecule has 0 bridgehead atoms. The quantitative estimate of drug-likeness (QED) is 0.712. The Bertz CT molecular complexity index is 720. The number of rotatable bonds is 7. The molecule has 2 atom stereocenters. The molecule has 0 aliphatic carbocycles.